The van der Waals surface area contributed by atoms with Crippen LogP contribution < -0.4 is 0 Å². The molecule has 16 heavy (non-hydrogen) atoms. The van der Waals surface area contributed by atoms with Crippen molar-refractivity contribution in [3.63, 3.8) is 0 Å². The number of ether oxygens (including phenoxy) is 1. The van der Waals surface area contributed by atoms with Crippen molar-refractivity contribution in [2.24, 2.45) is 0 Å². The van der Waals surface area contributed by atoms with Gasteiger partial charge in [-0.2, -0.15) is 0 Å². The molecule has 1 aliphatic heterocycles. The van der Waals surface area contributed by atoms with E-state index in [9.17, 15) is 0 Å². The average Bonchev–Trinajstić information content (AvgIpc) is 2.38. The predicted octanol–water partition coefficient (Wildman–Crippen LogP) is 2.35. The van der Waals surface area contributed by atoms with Gasteiger partial charge in [0, 0.05) is 19.9 Å². The van der Waals surface area contributed by atoms with E-state index in [0.717, 1.165) is 13.0 Å². The monoisotopic (exact) mass is 219 g/mol. The second kappa shape index (κ2) is 5.68. The third kappa shape index (κ3) is 3.08. The number of hydroxylamine groups is 2. The second-order valence-corrected chi connectivity index (χ2v) is 3.80. The lowest BCUT2D eigenvalue weighted by Crippen LogP contribution is -2.27. The number of hydrogen-bond donors (Lipinski definition) is 0. The van der Waals surface area contributed by atoms with Gasteiger partial charge in [0.2, 0.25) is 0 Å². The topological polar surface area (TPSA) is 21.7 Å². The molecule has 0 aliphatic carbocycles. The molecule has 86 valence electrons. The van der Waals surface area contributed by atoms with Crippen molar-refractivity contribution in [2.75, 3.05) is 13.7 Å². The maximum absolute atomic E-state index is 5.65. The fourth-order valence-corrected chi connectivity index (χ4v) is 1.65. The van der Waals surface area contributed by atoms with E-state index in [1.807, 2.05) is 35.5 Å². The first-order valence-corrected chi connectivity index (χ1v) is 5.53. The number of nitrogens with zero attached hydrogens (tertiary/aromatic N) is 1. The summed E-state index contributed by atoms with van der Waals surface area (Å²) in [4.78, 5) is 5.65. The van der Waals surface area contributed by atoms with Crippen molar-refractivity contribution in [3.05, 3.63) is 48.2 Å². The summed E-state index contributed by atoms with van der Waals surface area (Å²) in [5, 5.41) is 1.86. The molecule has 0 saturated carbocycles. The Morgan fingerprint density at radius 1 is 1.31 bits per heavy atom. The third-order valence-corrected chi connectivity index (χ3v) is 2.64. The molecule has 1 unspecified atom stereocenters. The minimum absolute atomic E-state index is 0.233. The molecule has 3 nitrogen and oxygen atoms in total. The minimum atomic E-state index is 0.233. The van der Waals surface area contributed by atoms with Crippen LogP contribution in [0.5, 0.6) is 0 Å². The Hall–Kier alpha value is -1.32. The van der Waals surface area contributed by atoms with E-state index < -0.39 is 0 Å². The molecule has 1 aliphatic rings. The Bertz CT molecular complexity index is 337. The molecule has 0 fully saturated rings. The lowest BCUT2D eigenvalue weighted by atomic mass is 10.2. The first-order chi connectivity index (χ1) is 7.88. The maximum atomic E-state index is 5.65. The van der Waals surface area contributed by atoms with Gasteiger partial charge in [0.1, 0.15) is 0 Å². The highest BCUT2D eigenvalue weighted by Crippen LogP contribution is 2.11. The molecule has 0 bridgehead atoms. The summed E-state index contributed by atoms with van der Waals surface area (Å²) in [6.45, 7) is 1.49. The molecular formula is C13H17NO2. The summed E-state index contributed by atoms with van der Waals surface area (Å²) in [7, 11) is 1.73. The smallest absolute Gasteiger partial charge is 0.0999 e. The van der Waals surface area contributed by atoms with Crippen LogP contribution in [0.4, 0.5) is 0 Å². The molecule has 1 atom stereocenters. The molecule has 0 saturated heterocycles. The van der Waals surface area contributed by atoms with Crippen LogP contribution in [0.2, 0.25) is 0 Å². The van der Waals surface area contributed by atoms with Crippen LogP contribution in [0.3, 0.4) is 0 Å². The van der Waals surface area contributed by atoms with Gasteiger partial charge in [-0.25, -0.2) is 0 Å². The summed E-state index contributed by atoms with van der Waals surface area (Å²) in [5.41, 5.74) is 1.18. The second-order valence-electron chi connectivity index (χ2n) is 3.80. The van der Waals surface area contributed by atoms with Crippen molar-refractivity contribution in [2.45, 2.75) is 19.1 Å². The Labute approximate surface area is 96.2 Å². The van der Waals surface area contributed by atoms with Gasteiger partial charge in [0.05, 0.1) is 12.7 Å². The number of rotatable bonds is 4. The van der Waals surface area contributed by atoms with Gasteiger partial charge in [0.25, 0.3) is 0 Å². The highest BCUT2D eigenvalue weighted by atomic mass is 16.7. The third-order valence-electron chi connectivity index (χ3n) is 2.64. The molecular weight excluding hydrogens is 202 g/mol. The van der Waals surface area contributed by atoms with E-state index in [2.05, 4.69) is 12.1 Å². The van der Waals surface area contributed by atoms with Gasteiger partial charge in [-0.15, -0.1) is 0 Å². The summed E-state index contributed by atoms with van der Waals surface area (Å²) in [6.07, 6.45) is 5.17. The predicted molar refractivity (Wildman–Crippen MR) is 62.5 cm³/mol. The SMILES string of the molecule is COC1C=CN(OCc2ccccc2)CC1. The van der Waals surface area contributed by atoms with E-state index in [4.69, 9.17) is 9.57 Å². The van der Waals surface area contributed by atoms with Gasteiger partial charge >= 0.3 is 0 Å². The Morgan fingerprint density at radius 2 is 2.12 bits per heavy atom. The van der Waals surface area contributed by atoms with Crippen LogP contribution in [0.15, 0.2) is 42.6 Å². The number of methoxy groups -OCH3 is 1. The van der Waals surface area contributed by atoms with Gasteiger partial charge in [-0.3, -0.25) is 9.90 Å². The van der Waals surface area contributed by atoms with E-state index >= 15 is 0 Å². The zero-order valence-electron chi connectivity index (χ0n) is 9.50. The highest BCUT2D eigenvalue weighted by Gasteiger charge is 2.12. The molecule has 3 heteroatoms. The van der Waals surface area contributed by atoms with Crippen LogP contribution in [0.25, 0.3) is 0 Å². The molecule has 1 aromatic carbocycles. The van der Waals surface area contributed by atoms with Crippen molar-refractivity contribution in [3.8, 4) is 0 Å². The maximum Gasteiger partial charge on any atom is 0.0999 e. The molecule has 0 N–H and O–H groups in total. The van der Waals surface area contributed by atoms with Crippen molar-refractivity contribution >= 4 is 0 Å². The first-order valence-electron chi connectivity index (χ1n) is 5.53. The van der Waals surface area contributed by atoms with Gasteiger partial charge in [-0.05, 0) is 18.1 Å². The van der Waals surface area contributed by atoms with Crippen LogP contribution in [-0.4, -0.2) is 24.8 Å². The minimum Gasteiger partial charge on any atom is -0.377 e. The van der Waals surface area contributed by atoms with Crippen molar-refractivity contribution < 1.29 is 9.57 Å². The molecule has 1 heterocycles. The normalized spacial score (nSPS) is 20.1. The average molecular weight is 219 g/mol. The largest absolute Gasteiger partial charge is 0.377 e. The van der Waals surface area contributed by atoms with E-state index in [-0.39, 0.29) is 6.10 Å². The molecule has 0 aromatic heterocycles. The standard InChI is InChI=1S/C13H17NO2/c1-15-13-7-9-14(10-8-13)16-11-12-5-3-2-4-6-12/h2-7,9,13H,8,10-11H2,1H3. The Balaban J connectivity index is 1.79. The summed E-state index contributed by atoms with van der Waals surface area (Å²) in [6, 6.07) is 10.2. The number of hydrogen-bond acceptors (Lipinski definition) is 3. The number of benzene rings is 1. The zero-order chi connectivity index (χ0) is 11.2. The van der Waals surface area contributed by atoms with E-state index in [1.165, 1.54) is 5.56 Å². The Kier molecular flexibility index (Phi) is 3.97. The fourth-order valence-electron chi connectivity index (χ4n) is 1.65. The van der Waals surface area contributed by atoms with Crippen LogP contribution in [0, 0.1) is 0 Å². The molecule has 0 amide bonds. The molecule has 1 aromatic rings. The van der Waals surface area contributed by atoms with Gasteiger partial charge < -0.3 is 4.74 Å². The lowest BCUT2D eigenvalue weighted by molar-refractivity contribution is -0.140. The highest BCUT2D eigenvalue weighted by molar-refractivity contribution is 5.13. The molecule has 2 rings (SSSR count). The molecule has 0 spiro atoms. The van der Waals surface area contributed by atoms with Crippen molar-refractivity contribution in [1.29, 1.82) is 0 Å². The summed E-state index contributed by atoms with van der Waals surface area (Å²) >= 11 is 0. The van der Waals surface area contributed by atoms with Gasteiger partial charge in [0.15, 0.2) is 0 Å². The van der Waals surface area contributed by atoms with E-state index in [1.54, 1.807) is 7.11 Å². The summed E-state index contributed by atoms with van der Waals surface area (Å²) < 4.78 is 5.23. The van der Waals surface area contributed by atoms with Crippen LogP contribution in [-0.2, 0) is 16.2 Å². The lowest BCUT2D eigenvalue weighted by Gasteiger charge is -2.26. The van der Waals surface area contributed by atoms with Crippen LogP contribution in [0.1, 0.15) is 12.0 Å². The summed E-state index contributed by atoms with van der Waals surface area (Å²) in [5.74, 6) is 0. The quantitative estimate of drug-likeness (QED) is 0.776. The van der Waals surface area contributed by atoms with Crippen molar-refractivity contribution in [1.82, 2.24) is 5.06 Å². The Morgan fingerprint density at radius 3 is 2.75 bits per heavy atom. The fraction of sp³-hybridized carbons (Fsp3) is 0.385. The first kappa shape index (κ1) is 11.2. The molecule has 0 radical (unpaired) electrons. The van der Waals surface area contributed by atoms with E-state index in [0.29, 0.717) is 6.61 Å². The van der Waals surface area contributed by atoms with Gasteiger partial charge in [-0.1, -0.05) is 30.3 Å². The van der Waals surface area contributed by atoms with Crippen LogP contribution >= 0.6 is 0 Å². The zero-order valence-corrected chi connectivity index (χ0v) is 9.50.